The summed E-state index contributed by atoms with van der Waals surface area (Å²) in [6.45, 7) is 5.56. The van der Waals surface area contributed by atoms with Crippen LogP contribution >= 0.6 is 0 Å². The van der Waals surface area contributed by atoms with Crippen LogP contribution in [0, 0.1) is 5.41 Å². The van der Waals surface area contributed by atoms with Gasteiger partial charge in [0.15, 0.2) is 0 Å². The summed E-state index contributed by atoms with van der Waals surface area (Å²) in [7, 11) is 1.64. The lowest BCUT2D eigenvalue weighted by Gasteiger charge is -2.34. The molecule has 0 atom stereocenters. The SMILES string of the molecule is CN(C(=O)OC1CC(c2cc(NC(=O)C(C)(C)C)[nH]n2)C1)c1ccccn1. The highest BCUT2D eigenvalue weighted by atomic mass is 16.6. The van der Waals surface area contributed by atoms with Crippen LogP contribution in [0.4, 0.5) is 16.4 Å². The van der Waals surface area contributed by atoms with Gasteiger partial charge in [-0.25, -0.2) is 9.78 Å². The number of rotatable bonds is 4. The van der Waals surface area contributed by atoms with E-state index in [1.165, 1.54) is 4.90 Å². The van der Waals surface area contributed by atoms with Crippen LogP contribution in [0.1, 0.15) is 45.2 Å². The first kappa shape index (κ1) is 18.9. The van der Waals surface area contributed by atoms with E-state index >= 15 is 0 Å². The van der Waals surface area contributed by atoms with Gasteiger partial charge < -0.3 is 10.1 Å². The molecule has 8 heteroatoms. The van der Waals surface area contributed by atoms with E-state index in [9.17, 15) is 9.59 Å². The van der Waals surface area contributed by atoms with Gasteiger partial charge in [0.2, 0.25) is 5.91 Å². The Labute approximate surface area is 158 Å². The first-order chi connectivity index (χ1) is 12.7. The van der Waals surface area contributed by atoms with Gasteiger partial charge in [-0.2, -0.15) is 5.10 Å². The number of ether oxygens (including phenoxy) is 1. The number of pyridine rings is 1. The second-order valence-corrected chi connectivity index (χ2v) is 7.83. The minimum atomic E-state index is -0.472. The number of aromatic amines is 1. The largest absolute Gasteiger partial charge is 0.446 e. The fourth-order valence-corrected chi connectivity index (χ4v) is 2.69. The Morgan fingerprint density at radius 3 is 2.67 bits per heavy atom. The predicted molar refractivity (Wildman–Crippen MR) is 102 cm³/mol. The number of carbonyl (C=O) groups excluding carboxylic acids is 2. The maximum atomic E-state index is 12.2. The molecule has 1 saturated carbocycles. The van der Waals surface area contributed by atoms with E-state index in [1.54, 1.807) is 25.4 Å². The molecule has 0 bridgehead atoms. The summed E-state index contributed by atoms with van der Waals surface area (Å²) in [5.74, 6) is 1.26. The molecular formula is C19H25N5O3. The number of H-pyrrole nitrogens is 1. The fourth-order valence-electron chi connectivity index (χ4n) is 2.69. The van der Waals surface area contributed by atoms with Crippen LogP contribution in [0.25, 0.3) is 0 Å². The van der Waals surface area contributed by atoms with Crippen molar-refractivity contribution in [2.45, 2.75) is 45.6 Å². The van der Waals surface area contributed by atoms with Gasteiger partial charge in [-0.05, 0) is 25.0 Å². The van der Waals surface area contributed by atoms with E-state index in [0.717, 1.165) is 5.69 Å². The summed E-state index contributed by atoms with van der Waals surface area (Å²) >= 11 is 0. The van der Waals surface area contributed by atoms with E-state index in [0.29, 0.717) is 24.5 Å². The average Bonchev–Trinajstić information content (AvgIpc) is 3.04. The van der Waals surface area contributed by atoms with Crippen LogP contribution < -0.4 is 10.2 Å². The molecule has 0 saturated heterocycles. The minimum absolute atomic E-state index is 0.0734. The second-order valence-electron chi connectivity index (χ2n) is 7.83. The van der Waals surface area contributed by atoms with Crippen molar-refractivity contribution in [1.82, 2.24) is 15.2 Å². The fraction of sp³-hybridized carbons (Fsp3) is 0.474. The number of hydrogen-bond donors (Lipinski definition) is 2. The molecule has 3 rings (SSSR count). The molecule has 2 amide bonds. The van der Waals surface area contributed by atoms with Gasteiger partial charge >= 0.3 is 6.09 Å². The third kappa shape index (κ3) is 4.45. The van der Waals surface area contributed by atoms with E-state index in [1.807, 2.05) is 32.9 Å². The van der Waals surface area contributed by atoms with Crippen LogP contribution in [-0.4, -0.2) is 40.3 Å². The maximum absolute atomic E-state index is 12.2. The Morgan fingerprint density at radius 2 is 2.04 bits per heavy atom. The summed E-state index contributed by atoms with van der Waals surface area (Å²) in [6, 6.07) is 7.20. The van der Waals surface area contributed by atoms with Crippen LogP contribution in [0.15, 0.2) is 30.5 Å². The summed E-state index contributed by atoms with van der Waals surface area (Å²) in [5.41, 5.74) is 0.394. The Balaban J connectivity index is 1.48. The number of carbonyl (C=O) groups is 2. The molecule has 2 aromatic rings. The zero-order chi connectivity index (χ0) is 19.6. The highest BCUT2D eigenvalue weighted by Gasteiger charge is 2.36. The molecule has 0 aromatic carbocycles. The van der Waals surface area contributed by atoms with Crippen molar-refractivity contribution in [3.8, 4) is 0 Å². The minimum Gasteiger partial charge on any atom is -0.446 e. The molecular weight excluding hydrogens is 346 g/mol. The first-order valence-electron chi connectivity index (χ1n) is 8.96. The lowest BCUT2D eigenvalue weighted by molar-refractivity contribution is -0.123. The lowest BCUT2D eigenvalue weighted by atomic mass is 9.80. The summed E-state index contributed by atoms with van der Waals surface area (Å²) < 4.78 is 5.51. The number of anilines is 2. The monoisotopic (exact) mass is 371 g/mol. The number of nitrogens with zero attached hydrogens (tertiary/aromatic N) is 3. The average molecular weight is 371 g/mol. The normalized spacial score (nSPS) is 19.1. The molecule has 2 heterocycles. The molecule has 0 unspecified atom stereocenters. The van der Waals surface area contributed by atoms with Crippen molar-refractivity contribution < 1.29 is 14.3 Å². The van der Waals surface area contributed by atoms with E-state index in [2.05, 4.69) is 20.5 Å². The van der Waals surface area contributed by atoms with Crippen LogP contribution in [0.2, 0.25) is 0 Å². The molecule has 2 aromatic heterocycles. The molecule has 0 radical (unpaired) electrons. The Hall–Kier alpha value is -2.90. The Morgan fingerprint density at radius 1 is 1.30 bits per heavy atom. The van der Waals surface area contributed by atoms with Gasteiger partial charge in [-0.3, -0.25) is 14.8 Å². The zero-order valence-corrected chi connectivity index (χ0v) is 16.0. The molecule has 27 heavy (non-hydrogen) atoms. The molecule has 1 aliphatic rings. The van der Waals surface area contributed by atoms with Gasteiger partial charge in [0, 0.05) is 30.6 Å². The lowest BCUT2D eigenvalue weighted by Crippen LogP contribution is -2.37. The van der Waals surface area contributed by atoms with E-state index in [-0.39, 0.29) is 17.9 Å². The van der Waals surface area contributed by atoms with Crippen LogP contribution in [-0.2, 0) is 9.53 Å². The van der Waals surface area contributed by atoms with Gasteiger partial charge in [-0.15, -0.1) is 0 Å². The maximum Gasteiger partial charge on any atom is 0.415 e. The van der Waals surface area contributed by atoms with Gasteiger partial charge in [-0.1, -0.05) is 26.8 Å². The topological polar surface area (TPSA) is 100 Å². The van der Waals surface area contributed by atoms with E-state index in [4.69, 9.17) is 4.74 Å². The first-order valence-corrected chi connectivity index (χ1v) is 8.96. The number of hydrogen-bond acceptors (Lipinski definition) is 5. The van der Waals surface area contributed by atoms with Gasteiger partial charge in [0.1, 0.15) is 17.7 Å². The molecule has 144 valence electrons. The van der Waals surface area contributed by atoms with Crippen molar-refractivity contribution in [3.63, 3.8) is 0 Å². The second kappa shape index (κ2) is 7.38. The summed E-state index contributed by atoms with van der Waals surface area (Å²) in [5, 5.41) is 9.94. The van der Waals surface area contributed by atoms with Crippen molar-refractivity contribution >= 4 is 23.6 Å². The summed E-state index contributed by atoms with van der Waals surface area (Å²) in [6.07, 6.45) is 2.49. The highest BCUT2D eigenvalue weighted by Crippen LogP contribution is 2.38. The third-order valence-electron chi connectivity index (χ3n) is 4.57. The number of amides is 2. The van der Waals surface area contributed by atoms with Crippen molar-refractivity contribution in [3.05, 3.63) is 36.2 Å². The summed E-state index contributed by atoms with van der Waals surface area (Å²) in [4.78, 5) is 29.8. The van der Waals surface area contributed by atoms with Crippen LogP contribution in [0.5, 0.6) is 0 Å². The molecule has 0 spiro atoms. The molecule has 8 nitrogen and oxygen atoms in total. The van der Waals surface area contributed by atoms with Crippen molar-refractivity contribution in [2.75, 3.05) is 17.3 Å². The van der Waals surface area contributed by atoms with E-state index < -0.39 is 11.5 Å². The quantitative estimate of drug-likeness (QED) is 0.859. The number of aromatic nitrogens is 3. The highest BCUT2D eigenvalue weighted by molar-refractivity contribution is 5.93. The predicted octanol–water partition coefficient (Wildman–Crippen LogP) is 3.31. The standard InChI is InChI=1S/C19H25N5O3/c1-19(2,3)17(25)21-15-11-14(22-23-15)12-9-13(10-12)27-18(26)24(4)16-7-5-6-8-20-16/h5-8,11-13H,9-10H2,1-4H3,(H2,21,22,23,25). The van der Waals surface area contributed by atoms with Crippen LogP contribution in [0.3, 0.4) is 0 Å². The van der Waals surface area contributed by atoms with Crippen molar-refractivity contribution in [1.29, 1.82) is 0 Å². The van der Waals surface area contributed by atoms with Crippen molar-refractivity contribution in [2.24, 2.45) is 5.41 Å². The third-order valence-corrected chi connectivity index (χ3v) is 4.57. The van der Waals surface area contributed by atoms with Gasteiger partial charge in [0.05, 0.1) is 5.69 Å². The number of nitrogens with one attached hydrogen (secondary N) is 2. The molecule has 1 aliphatic carbocycles. The molecule has 1 fully saturated rings. The molecule has 2 N–H and O–H groups in total. The smallest absolute Gasteiger partial charge is 0.415 e. The molecule has 0 aliphatic heterocycles. The Kier molecular flexibility index (Phi) is 5.16. The van der Waals surface area contributed by atoms with Gasteiger partial charge in [0.25, 0.3) is 0 Å². The Bertz CT molecular complexity index is 806. The zero-order valence-electron chi connectivity index (χ0n) is 16.0.